The van der Waals surface area contributed by atoms with Gasteiger partial charge in [0.25, 0.3) is 0 Å². The number of unbranched alkanes of at least 4 members (excludes halogenated alkanes) is 3. The third-order valence-electron chi connectivity index (χ3n) is 2.52. The summed E-state index contributed by atoms with van der Waals surface area (Å²) in [5.41, 5.74) is -0.283. The summed E-state index contributed by atoms with van der Waals surface area (Å²) in [6.07, 6.45) is 6.66. The molecule has 0 amide bonds. The van der Waals surface area contributed by atoms with E-state index in [0.717, 1.165) is 44.9 Å². The van der Waals surface area contributed by atoms with E-state index < -0.39 is 7.94 Å². The molecule has 0 aliphatic rings. The van der Waals surface area contributed by atoms with Crippen LogP contribution in [0.1, 0.15) is 58.8 Å². The van der Waals surface area contributed by atoms with Crippen LogP contribution in [0.2, 0.25) is 0 Å². The van der Waals surface area contributed by atoms with Crippen molar-refractivity contribution in [2.75, 3.05) is 0 Å². The minimum absolute atomic E-state index is 0.283. The van der Waals surface area contributed by atoms with Gasteiger partial charge >= 0.3 is 7.94 Å². The van der Waals surface area contributed by atoms with Gasteiger partial charge < -0.3 is 0 Å². The van der Waals surface area contributed by atoms with E-state index in [9.17, 15) is 14.7 Å². The van der Waals surface area contributed by atoms with Gasteiger partial charge in [-0.1, -0.05) is 33.1 Å². The molecule has 0 rings (SSSR count). The van der Waals surface area contributed by atoms with Gasteiger partial charge in [-0.2, -0.15) is 14.7 Å². The lowest BCUT2D eigenvalue weighted by Crippen LogP contribution is -2.13. The predicted molar refractivity (Wildman–Crippen MR) is 61.0 cm³/mol. The minimum Gasteiger partial charge on any atom is -0.193 e. The lowest BCUT2D eigenvalue weighted by atomic mass is 10.1. The summed E-state index contributed by atoms with van der Waals surface area (Å²) in [6.45, 7) is 4.18. The van der Waals surface area contributed by atoms with E-state index in [1.54, 1.807) is 0 Å². The Bertz CT molecular complexity index is 134. The van der Waals surface area contributed by atoms with Crippen LogP contribution in [0.4, 0.5) is 0 Å². The Hall–Kier alpha value is 0.310. The smallest absolute Gasteiger partial charge is 0.193 e. The second-order valence-electron chi connectivity index (χ2n) is 3.91. The second kappa shape index (κ2) is 7.58. The molecule has 0 aliphatic carbocycles. The van der Waals surface area contributed by atoms with Crippen LogP contribution >= 0.6 is 7.94 Å². The lowest BCUT2D eigenvalue weighted by Gasteiger charge is -2.16. The SMILES string of the molecule is CCCCCC(CCCC)[P+](O)(O)O. The number of hydrogen-bond acceptors (Lipinski definition) is 3. The summed E-state index contributed by atoms with van der Waals surface area (Å²) in [6, 6.07) is 0. The zero-order valence-electron chi connectivity index (χ0n) is 9.32. The molecule has 0 aromatic rings. The monoisotopic (exact) mass is 223 g/mol. The molecular formula is C10H24O3P+. The van der Waals surface area contributed by atoms with Gasteiger partial charge in [-0.05, 0) is 25.7 Å². The highest BCUT2D eigenvalue weighted by Crippen LogP contribution is 2.53. The van der Waals surface area contributed by atoms with Gasteiger partial charge in [-0.25, -0.2) is 0 Å². The Labute approximate surface area is 87.8 Å². The summed E-state index contributed by atoms with van der Waals surface area (Å²) in [7, 11) is -3.60. The van der Waals surface area contributed by atoms with E-state index in [4.69, 9.17) is 0 Å². The normalized spacial score (nSPS) is 14.4. The van der Waals surface area contributed by atoms with Crippen molar-refractivity contribution in [1.29, 1.82) is 0 Å². The maximum Gasteiger partial charge on any atom is 0.406 e. The molecule has 86 valence electrons. The second-order valence-corrected chi connectivity index (χ2v) is 5.87. The predicted octanol–water partition coefficient (Wildman–Crippen LogP) is 2.87. The van der Waals surface area contributed by atoms with E-state index >= 15 is 0 Å². The highest BCUT2D eigenvalue weighted by molar-refractivity contribution is 7.59. The molecule has 14 heavy (non-hydrogen) atoms. The first-order valence-electron chi connectivity index (χ1n) is 5.59. The molecule has 4 heteroatoms. The quantitative estimate of drug-likeness (QED) is 0.438. The molecule has 0 radical (unpaired) electrons. The van der Waals surface area contributed by atoms with Crippen molar-refractivity contribution in [3.05, 3.63) is 0 Å². The molecule has 0 fully saturated rings. The Morgan fingerprint density at radius 3 is 1.79 bits per heavy atom. The first-order chi connectivity index (χ1) is 6.52. The molecule has 1 atom stereocenters. The zero-order valence-corrected chi connectivity index (χ0v) is 10.2. The van der Waals surface area contributed by atoms with Crippen LogP contribution in [0.5, 0.6) is 0 Å². The molecule has 3 nitrogen and oxygen atoms in total. The fourth-order valence-corrected chi connectivity index (χ4v) is 2.62. The third kappa shape index (κ3) is 6.72. The molecule has 0 heterocycles. The lowest BCUT2D eigenvalue weighted by molar-refractivity contribution is 0.305. The van der Waals surface area contributed by atoms with Crippen molar-refractivity contribution in [1.82, 2.24) is 0 Å². The molecule has 0 aliphatic heterocycles. The van der Waals surface area contributed by atoms with E-state index in [-0.39, 0.29) is 5.66 Å². The van der Waals surface area contributed by atoms with Gasteiger partial charge in [0, 0.05) is 0 Å². The summed E-state index contributed by atoms with van der Waals surface area (Å²) in [5, 5.41) is 0. The zero-order chi connectivity index (χ0) is 11.0. The summed E-state index contributed by atoms with van der Waals surface area (Å²) < 4.78 is 0. The van der Waals surface area contributed by atoms with Crippen molar-refractivity contribution in [3.63, 3.8) is 0 Å². The molecule has 3 N–H and O–H groups in total. The molecule has 0 saturated heterocycles. The van der Waals surface area contributed by atoms with Crippen LogP contribution in [-0.2, 0) is 0 Å². The summed E-state index contributed by atoms with van der Waals surface area (Å²) in [5.74, 6) is 0. The van der Waals surface area contributed by atoms with Crippen molar-refractivity contribution < 1.29 is 14.7 Å². The van der Waals surface area contributed by atoms with E-state index in [1.165, 1.54) is 0 Å². The van der Waals surface area contributed by atoms with Gasteiger partial charge in [0.05, 0.1) is 0 Å². The molecule has 0 aromatic heterocycles. The highest BCUT2D eigenvalue weighted by atomic mass is 31.2. The van der Waals surface area contributed by atoms with Crippen LogP contribution in [0.3, 0.4) is 0 Å². The van der Waals surface area contributed by atoms with E-state index in [0.29, 0.717) is 0 Å². The van der Waals surface area contributed by atoms with Crippen molar-refractivity contribution in [2.24, 2.45) is 0 Å². The Kier molecular flexibility index (Phi) is 7.75. The molecule has 1 unspecified atom stereocenters. The maximum atomic E-state index is 9.23. The largest absolute Gasteiger partial charge is 0.406 e. The molecule has 0 bridgehead atoms. The number of rotatable bonds is 8. The van der Waals surface area contributed by atoms with Crippen molar-refractivity contribution >= 4 is 7.94 Å². The molecule has 0 saturated carbocycles. The van der Waals surface area contributed by atoms with Gasteiger partial charge in [-0.15, -0.1) is 0 Å². The molecular weight excluding hydrogens is 199 g/mol. The first kappa shape index (κ1) is 14.3. The molecule has 0 spiro atoms. The minimum atomic E-state index is -3.60. The standard InChI is InChI=1S/C10H24O3P/c1-3-5-7-9-10(8-6-4-2)14(11,12)13/h10-13H,3-9H2,1-2H3/q+1. The van der Waals surface area contributed by atoms with Crippen molar-refractivity contribution in [2.45, 2.75) is 64.5 Å². The van der Waals surface area contributed by atoms with Gasteiger partial charge in [0.1, 0.15) is 0 Å². The maximum absolute atomic E-state index is 9.23. The average Bonchev–Trinajstić information content (AvgIpc) is 2.09. The molecule has 0 aromatic carbocycles. The Morgan fingerprint density at radius 1 is 0.857 bits per heavy atom. The first-order valence-corrected chi connectivity index (χ1v) is 7.31. The van der Waals surface area contributed by atoms with Crippen LogP contribution in [0.25, 0.3) is 0 Å². The van der Waals surface area contributed by atoms with Crippen molar-refractivity contribution in [3.8, 4) is 0 Å². The van der Waals surface area contributed by atoms with Crippen LogP contribution in [-0.4, -0.2) is 20.3 Å². The average molecular weight is 223 g/mol. The summed E-state index contributed by atoms with van der Waals surface area (Å²) in [4.78, 5) is 27.7. The van der Waals surface area contributed by atoms with E-state index in [1.807, 2.05) is 0 Å². The van der Waals surface area contributed by atoms with Gasteiger partial charge in [0.15, 0.2) is 5.66 Å². The fourth-order valence-electron chi connectivity index (χ4n) is 1.56. The Morgan fingerprint density at radius 2 is 1.36 bits per heavy atom. The van der Waals surface area contributed by atoms with Crippen LogP contribution < -0.4 is 0 Å². The fraction of sp³-hybridized carbons (Fsp3) is 1.00. The van der Waals surface area contributed by atoms with E-state index in [2.05, 4.69) is 13.8 Å². The van der Waals surface area contributed by atoms with Crippen LogP contribution in [0.15, 0.2) is 0 Å². The van der Waals surface area contributed by atoms with Gasteiger partial charge in [-0.3, -0.25) is 0 Å². The summed E-state index contributed by atoms with van der Waals surface area (Å²) >= 11 is 0. The third-order valence-corrected chi connectivity index (χ3v) is 4.02. The highest BCUT2D eigenvalue weighted by Gasteiger charge is 2.41. The van der Waals surface area contributed by atoms with Crippen LogP contribution in [0, 0.1) is 0 Å². The topological polar surface area (TPSA) is 60.7 Å². The number of hydrogen-bond donors (Lipinski definition) is 3. The Balaban J connectivity index is 3.85. The van der Waals surface area contributed by atoms with Gasteiger partial charge in [0.2, 0.25) is 0 Å².